The van der Waals surface area contributed by atoms with Crippen LogP contribution in [0.25, 0.3) is 10.9 Å². The zero-order valence-electron chi connectivity index (χ0n) is 17.4. The number of aromatic amines is 1. The quantitative estimate of drug-likeness (QED) is 0.330. The van der Waals surface area contributed by atoms with Gasteiger partial charge < -0.3 is 31.6 Å². The van der Waals surface area contributed by atoms with Crippen LogP contribution in [0.2, 0.25) is 0 Å². The van der Waals surface area contributed by atoms with Crippen molar-refractivity contribution >= 4 is 28.7 Å². The highest BCUT2D eigenvalue weighted by molar-refractivity contribution is 5.93. The summed E-state index contributed by atoms with van der Waals surface area (Å²) in [5.74, 6) is -2.66. The summed E-state index contributed by atoms with van der Waals surface area (Å²) in [5.41, 5.74) is 7.66. The molecule has 0 aliphatic rings. The van der Waals surface area contributed by atoms with Gasteiger partial charge in [-0.2, -0.15) is 0 Å². The molecule has 164 valence electrons. The first kappa shape index (κ1) is 23.4. The molecular formula is C21H30N4O5. The van der Waals surface area contributed by atoms with Crippen LogP contribution in [0, 0.1) is 5.92 Å². The molecule has 0 saturated carbocycles. The van der Waals surface area contributed by atoms with E-state index in [2.05, 4.69) is 15.6 Å². The van der Waals surface area contributed by atoms with Gasteiger partial charge in [-0.1, -0.05) is 38.5 Å². The van der Waals surface area contributed by atoms with Gasteiger partial charge in [0, 0.05) is 23.5 Å². The van der Waals surface area contributed by atoms with Crippen molar-refractivity contribution in [3.8, 4) is 0 Å². The Morgan fingerprint density at radius 1 is 1.13 bits per heavy atom. The van der Waals surface area contributed by atoms with Gasteiger partial charge in [-0.15, -0.1) is 0 Å². The van der Waals surface area contributed by atoms with E-state index < -0.39 is 42.0 Å². The summed E-state index contributed by atoms with van der Waals surface area (Å²) in [6.45, 7) is 5.02. The van der Waals surface area contributed by atoms with Gasteiger partial charge in [-0.05, 0) is 24.5 Å². The summed E-state index contributed by atoms with van der Waals surface area (Å²) in [7, 11) is 0. The van der Waals surface area contributed by atoms with Gasteiger partial charge in [0.1, 0.15) is 6.04 Å². The molecule has 30 heavy (non-hydrogen) atoms. The van der Waals surface area contributed by atoms with Crippen LogP contribution in [0.1, 0.15) is 32.8 Å². The number of rotatable bonds is 10. The number of aromatic nitrogens is 1. The van der Waals surface area contributed by atoms with E-state index in [4.69, 9.17) is 5.73 Å². The van der Waals surface area contributed by atoms with Crippen molar-refractivity contribution in [2.45, 2.75) is 57.8 Å². The van der Waals surface area contributed by atoms with E-state index in [-0.39, 0.29) is 12.3 Å². The summed E-state index contributed by atoms with van der Waals surface area (Å²) >= 11 is 0. The third-order valence-corrected chi connectivity index (χ3v) is 5.34. The molecule has 0 spiro atoms. The summed E-state index contributed by atoms with van der Waals surface area (Å²) in [5, 5.41) is 24.8. The van der Waals surface area contributed by atoms with Gasteiger partial charge >= 0.3 is 5.97 Å². The van der Waals surface area contributed by atoms with Gasteiger partial charge in [0.2, 0.25) is 11.8 Å². The van der Waals surface area contributed by atoms with Crippen LogP contribution in [0.5, 0.6) is 0 Å². The number of benzene rings is 1. The lowest BCUT2D eigenvalue weighted by molar-refractivity contribution is -0.145. The lowest BCUT2D eigenvalue weighted by atomic mass is 9.98. The number of carboxylic acid groups (broad SMARTS) is 1. The Morgan fingerprint density at radius 3 is 2.40 bits per heavy atom. The second-order valence-corrected chi connectivity index (χ2v) is 7.60. The topological polar surface area (TPSA) is 158 Å². The van der Waals surface area contributed by atoms with Crippen molar-refractivity contribution in [2.24, 2.45) is 11.7 Å². The number of aliphatic hydroxyl groups is 1. The van der Waals surface area contributed by atoms with E-state index in [0.29, 0.717) is 6.42 Å². The van der Waals surface area contributed by atoms with Crippen LogP contribution in [0.4, 0.5) is 0 Å². The molecule has 0 aliphatic heterocycles. The van der Waals surface area contributed by atoms with Gasteiger partial charge in [0.25, 0.3) is 0 Å². The Kier molecular flexibility index (Phi) is 7.96. The molecule has 1 aromatic heterocycles. The number of nitrogens with two attached hydrogens (primary N) is 1. The standard InChI is InChI=1S/C21H30N4O5/c1-4-11(2)17(22)20(28)24-16(19(27)25-18(12(3)26)21(29)30)9-13-10-23-15-8-6-5-7-14(13)15/h5-8,10-12,16-18,23,26H,4,9,22H2,1-3H3,(H,24,28)(H,25,27)(H,29,30)/t11-,12+,16-,17-,18-/m0/s1. The maximum atomic E-state index is 12.9. The number of amides is 2. The third kappa shape index (κ3) is 5.58. The van der Waals surface area contributed by atoms with Crippen molar-refractivity contribution < 1.29 is 24.6 Å². The van der Waals surface area contributed by atoms with E-state index in [9.17, 15) is 24.6 Å². The molecule has 1 aromatic carbocycles. The highest BCUT2D eigenvalue weighted by atomic mass is 16.4. The van der Waals surface area contributed by atoms with Gasteiger partial charge in [0.15, 0.2) is 6.04 Å². The largest absolute Gasteiger partial charge is 0.480 e. The first-order valence-corrected chi connectivity index (χ1v) is 9.97. The second-order valence-electron chi connectivity index (χ2n) is 7.60. The Balaban J connectivity index is 2.28. The maximum absolute atomic E-state index is 12.9. The lowest BCUT2D eigenvalue weighted by Gasteiger charge is -2.25. The number of hydrogen-bond acceptors (Lipinski definition) is 5. The Labute approximate surface area is 175 Å². The van der Waals surface area contributed by atoms with E-state index in [0.717, 1.165) is 16.5 Å². The predicted molar refractivity (Wildman–Crippen MR) is 113 cm³/mol. The molecule has 2 aromatic rings. The molecule has 0 aliphatic carbocycles. The van der Waals surface area contributed by atoms with Gasteiger partial charge in [-0.3, -0.25) is 9.59 Å². The molecule has 0 bridgehead atoms. The van der Waals surface area contributed by atoms with E-state index in [1.165, 1.54) is 6.92 Å². The minimum Gasteiger partial charge on any atom is -0.480 e. The molecule has 0 radical (unpaired) electrons. The van der Waals surface area contributed by atoms with E-state index in [1.54, 1.807) is 6.20 Å². The predicted octanol–water partition coefficient (Wildman–Crippen LogP) is 0.519. The van der Waals surface area contributed by atoms with Gasteiger partial charge in [0.05, 0.1) is 12.1 Å². The SMILES string of the molecule is CC[C@H](C)[C@H](N)C(=O)N[C@@H](Cc1c[nH]c2ccccc12)C(=O)N[C@H](C(=O)O)[C@@H](C)O. The summed E-state index contributed by atoms with van der Waals surface area (Å²) in [6.07, 6.45) is 1.26. The number of para-hydroxylation sites is 1. The molecular weight excluding hydrogens is 388 g/mol. The fourth-order valence-electron chi connectivity index (χ4n) is 3.15. The minimum absolute atomic E-state index is 0.0916. The smallest absolute Gasteiger partial charge is 0.328 e. The van der Waals surface area contributed by atoms with Crippen LogP contribution < -0.4 is 16.4 Å². The van der Waals surface area contributed by atoms with Crippen molar-refractivity contribution in [1.82, 2.24) is 15.6 Å². The molecule has 7 N–H and O–H groups in total. The monoisotopic (exact) mass is 418 g/mol. The van der Waals surface area contributed by atoms with Crippen molar-refractivity contribution in [1.29, 1.82) is 0 Å². The zero-order valence-corrected chi connectivity index (χ0v) is 17.4. The molecule has 0 fully saturated rings. The number of carbonyl (C=O) groups excluding carboxylic acids is 2. The first-order chi connectivity index (χ1) is 14.1. The number of fused-ring (bicyclic) bond motifs is 1. The summed E-state index contributed by atoms with van der Waals surface area (Å²) < 4.78 is 0. The summed E-state index contributed by atoms with van der Waals surface area (Å²) in [6, 6.07) is 4.15. The molecule has 1 heterocycles. The Morgan fingerprint density at radius 2 is 1.80 bits per heavy atom. The third-order valence-electron chi connectivity index (χ3n) is 5.34. The maximum Gasteiger partial charge on any atom is 0.328 e. The highest BCUT2D eigenvalue weighted by Crippen LogP contribution is 2.19. The lowest BCUT2D eigenvalue weighted by Crippen LogP contribution is -2.57. The number of carboxylic acids is 1. The number of aliphatic hydroxyl groups excluding tert-OH is 1. The zero-order chi connectivity index (χ0) is 22.4. The van der Waals surface area contributed by atoms with Crippen molar-refractivity contribution in [2.75, 3.05) is 0 Å². The van der Waals surface area contributed by atoms with Crippen LogP contribution in [0.15, 0.2) is 30.5 Å². The fraction of sp³-hybridized carbons (Fsp3) is 0.476. The fourth-order valence-corrected chi connectivity index (χ4v) is 3.15. The second kappa shape index (κ2) is 10.2. The highest BCUT2D eigenvalue weighted by Gasteiger charge is 2.31. The average Bonchev–Trinajstić information content (AvgIpc) is 3.12. The number of H-pyrrole nitrogens is 1. The van der Waals surface area contributed by atoms with Crippen LogP contribution >= 0.6 is 0 Å². The number of aliphatic carboxylic acids is 1. The first-order valence-electron chi connectivity index (χ1n) is 9.97. The molecule has 0 saturated heterocycles. The molecule has 9 heteroatoms. The van der Waals surface area contributed by atoms with E-state index in [1.807, 2.05) is 38.1 Å². The molecule has 5 atom stereocenters. The number of carbonyl (C=O) groups is 3. The molecule has 9 nitrogen and oxygen atoms in total. The van der Waals surface area contributed by atoms with Crippen molar-refractivity contribution in [3.05, 3.63) is 36.0 Å². The number of hydrogen-bond donors (Lipinski definition) is 6. The Bertz CT molecular complexity index is 894. The average molecular weight is 418 g/mol. The van der Waals surface area contributed by atoms with Gasteiger partial charge in [-0.25, -0.2) is 4.79 Å². The molecule has 0 unspecified atom stereocenters. The normalized spacial score (nSPS) is 16.3. The van der Waals surface area contributed by atoms with Crippen LogP contribution in [0.3, 0.4) is 0 Å². The van der Waals surface area contributed by atoms with Crippen LogP contribution in [-0.2, 0) is 20.8 Å². The molecule has 2 amide bonds. The Hall–Kier alpha value is -2.91. The van der Waals surface area contributed by atoms with E-state index >= 15 is 0 Å². The minimum atomic E-state index is -1.50. The van der Waals surface area contributed by atoms with Crippen molar-refractivity contribution in [3.63, 3.8) is 0 Å². The van der Waals surface area contributed by atoms with Crippen LogP contribution in [-0.4, -0.2) is 57.2 Å². The number of nitrogens with one attached hydrogen (secondary N) is 3. The molecule has 2 rings (SSSR count). The summed E-state index contributed by atoms with van der Waals surface area (Å²) in [4.78, 5) is 40.0.